The lowest BCUT2D eigenvalue weighted by Crippen LogP contribution is -1.92. The van der Waals surface area contributed by atoms with E-state index in [1.54, 1.807) is 0 Å². The summed E-state index contributed by atoms with van der Waals surface area (Å²) in [5.41, 5.74) is 4.18. The van der Waals surface area contributed by atoms with Gasteiger partial charge in [0.05, 0.1) is 0 Å². The molecular formula is C20H32. The van der Waals surface area contributed by atoms with E-state index in [-0.39, 0.29) is 0 Å². The Morgan fingerprint density at radius 2 is 1.55 bits per heavy atom. The first-order valence-electron chi connectivity index (χ1n) is 8.28. The van der Waals surface area contributed by atoms with Gasteiger partial charge in [0.15, 0.2) is 0 Å². The van der Waals surface area contributed by atoms with Gasteiger partial charge < -0.3 is 0 Å². The monoisotopic (exact) mass is 272 g/mol. The van der Waals surface area contributed by atoms with Gasteiger partial charge in [-0.2, -0.15) is 0 Å². The molecule has 1 aliphatic rings. The van der Waals surface area contributed by atoms with Crippen LogP contribution in [0.5, 0.6) is 0 Å². The van der Waals surface area contributed by atoms with Crippen LogP contribution < -0.4 is 0 Å². The maximum atomic E-state index is 2.33. The Bertz CT molecular complexity index is 393. The highest BCUT2D eigenvalue weighted by atomic mass is 14.1. The molecule has 0 fully saturated rings. The topological polar surface area (TPSA) is 0 Å². The molecule has 1 unspecified atom stereocenters. The van der Waals surface area contributed by atoms with E-state index in [4.69, 9.17) is 0 Å². The molecule has 0 amide bonds. The molecule has 0 saturated heterocycles. The molecule has 1 aromatic carbocycles. The molecule has 0 bridgehead atoms. The van der Waals surface area contributed by atoms with Crippen LogP contribution in [-0.4, -0.2) is 0 Å². The van der Waals surface area contributed by atoms with Gasteiger partial charge in [-0.3, -0.25) is 0 Å². The van der Waals surface area contributed by atoms with Gasteiger partial charge in [-0.1, -0.05) is 84.0 Å². The van der Waals surface area contributed by atoms with Crippen molar-refractivity contribution >= 4 is 5.57 Å². The minimum Gasteiger partial charge on any atom is -0.0836 e. The highest BCUT2D eigenvalue weighted by Gasteiger charge is 2.04. The Hall–Kier alpha value is -1.30. The van der Waals surface area contributed by atoms with E-state index >= 15 is 0 Å². The molecule has 20 heavy (non-hydrogen) atoms. The van der Waals surface area contributed by atoms with Gasteiger partial charge in [-0.05, 0) is 41.9 Å². The van der Waals surface area contributed by atoms with Gasteiger partial charge in [0.1, 0.15) is 0 Å². The Kier molecular flexibility index (Phi) is 10.8. The zero-order valence-electron chi connectivity index (χ0n) is 14.2. The number of hydrogen-bond donors (Lipinski definition) is 0. The smallest absolute Gasteiger partial charge is 0.0187 e. The van der Waals surface area contributed by atoms with Crippen molar-refractivity contribution in [3.63, 3.8) is 0 Å². The zero-order chi connectivity index (χ0) is 15.4. The molecule has 0 saturated carbocycles. The lowest BCUT2D eigenvalue weighted by Gasteiger charge is -2.11. The Balaban J connectivity index is 0.000000829. The van der Waals surface area contributed by atoms with Crippen molar-refractivity contribution in [2.45, 2.75) is 66.7 Å². The SMILES string of the molecule is CC.CC.CCC(C)c1ccc(C2=CCCC=C2)cc1. The highest BCUT2D eigenvalue weighted by Crippen LogP contribution is 2.24. The molecule has 0 heteroatoms. The summed E-state index contributed by atoms with van der Waals surface area (Å²) >= 11 is 0. The van der Waals surface area contributed by atoms with E-state index in [2.05, 4.69) is 56.3 Å². The van der Waals surface area contributed by atoms with Crippen LogP contribution in [0.1, 0.15) is 77.8 Å². The van der Waals surface area contributed by atoms with E-state index in [1.165, 1.54) is 36.0 Å². The summed E-state index contributed by atoms with van der Waals surface area (Å²) in [7, 11) is 0. The average Bonchev–Trinajstić information content (AvgIpc) is 2.59. The second-order valence-electron chi connectivity index (χ2n) is 4.57. The van der Waals surface area contributed by atoms with Crippen molar-refractivity contribution in [3.8, 4) is 0 Å². The second-order valence-corrected chi connectivity index (χ2v) is 4.57. The van der Waals surface area contributed by atoms with Gasteiger partial charge in [0, 0.05) is 0 Å². The molecule has 0 N–H and O–H groups in total. The number of hydrogen-bond acceptors (Lipinski definition) is 0. The molecule has 0 spiro atoms. The average molecular weight is 272 g/mol. The van der Waals surface area contributed by atoms with E-state index in [1.807, 2.05) is 27.7 Å². The van der Waals surface area contributed by atoms with Crippen LogP contribution in [0.4, 0.5) is 0 Å². The van der Waals surface area contributed by atoms with Gasteiger partial charge in [-0.15, -0.1) is 0 Å². The third-order valence-electron chi connectivity index (χ3n) is 3.42. The van der Waals surface area contributed by atoms with Crippen LogP contribution in [0.3, 0.4) is 0 Å². The van der Waals surface area contributed by atoms with Crippen LogP contribution >= 0.6 is 0 Å². The Morgan fingerprint density at radius 1 is 0.950 bits per heavy atom. The van der Waals surface area contributed by atoms with Crippen molar-refractivity contribution < 1.29 is 0 Å². The largest absolute Gasteiger partial charge is 0.0836 e. The molecule has 0 aromatic heterocycles. The fourth-order valence-corrected chi connectivity index (χ4v) is 2.07. The van der Waals surface area contributed by atoms with Crippen LogP contribution in [0.15, 0.2) is 42.5 Å². The molecule has 0 nitrogen and oxygen atoms in total. The highest BCUT2D eigenvalue weighted by molar-refractivity contribution is 5.74. The first-order valence-corrected chi connectivity index (χ1v) is 8.28. The van der Waals surface area contributed by atoms with Crippen molar-refractivity contribution in [2.75, 3.05) is 0 Å². The minimum absolute atomic E-state index is 0.671. The maximum absolute atomic E-state index is 2.33. The molecule has 1 aromatic rings. The van der Waals surface area contributed by atoms with Crippen molar-refractivity contribution in [2.24, 2.45) is 0 Å². The lowest BCUT2D eigenvalue weighted by atomic mass is 9.94. The predicted molar refractivity (Wildman–Crippen MR) is 94.2 cm³/mol. The molecule has 0 radical (unpaired) electrons. The molecule has 2 rings (SSSR count). The van der Waals surface area contributed by atoms with E-state index in [9.17, 15) is 0 Å². The third kappa shape index (κ3) is 5.77. The van der Waals surface area contributed by atoms with Gasteiger partial charge in [-0.25, -0.2) is 0 Å². The molecule has 112 valence electrons. The molecular weight excluding hydrogens is 240 g/mol. The van der Waals surface area contributed by atoms with Gasteiger partial charge >= 0.3 is 0 Å². The van der Waals surface area contributed by atoms with Crippen molar-refractivity contribution in [3.05, 3.63) is 53.6 Å². The standard InChI is InChI=1S/C16H20.2C2H6/c1-3-13(2)14-9-11-16(12-10-14)15-7-5-4-6-8-15;2*1-2/h5,7-13H,3-4,6H2,1-2H3;2*1-2H3. The van der Waals surface area contributed by atoms with Gasteiger partial charge in [0.25, 0.3) is 0 Å². The van der Waals surface area contributed by atoms with Crippen molar-refractivity contribution in [1.29, 1.82) is 0 Å². The number of rotatable bonds is 3. The maximum Gasteiger partial charge on any atom is -0.0187 e. The quantitative estimate of drug-likeness (QED) is 0.556. The summed E-state index contributed by atoms with van der Waals surface area (Å²) in [4.78, 5) is 0. The first kappa shape index (κ1) is 18.7. The molecule has 0 aliphatic heterocycles. The third-order valence-corrected chi connectivity index (χ3v) is 3.42. The van der Waals surface area contributed by atoms with Crippen molar-refractivity contribution in [1.82, 2.24) is 0 Å². The summed E-state index contributed by atoms with van der Waals surface area (Å²) in [6.45, 7) is 12.5. The minimum atomic E-state index is 0.671. The fraction of sp³-hybridized carbons (Fsp3) is 0.500. The van der Waals surface area contributed by atoms with Crippen LogP contribution in [0.25, 0.3) is 5.57 Å². The van der Waals surface area contributed by atoms with E-state index in [0.29, 0.717) is 5.92 Å². The van der Waals surface area contributed by atoms with Crippen LogP contribution in [0, 0.1) is 0 Å². The first-order chi connectivity index (χ1) is 9.81. The molecule has 0 heterocycles. The number of allylic oxidation sites excluding steroid dienone is 4. The summed E-state index contributed by atoms with van der Waals surface area (Å²) in [5.74, 6) is 0.671. The summed E-state index contributed by atoms with van der Waals surface area (Å²) < 4.78 is 0. The summed E-state index contributed by atoms with van der Waals surface area (Å²) in [6, 6.07) is 9.05. The fourth-order valence-electron chi connectivity index (χ4n) is 2.07. The van der Waals surface area contributed by atoms with Crippen LogP contribution in [0.2, 0.25) is 0 Å². The van der Waals surface area contributed by atoms with Gasteiger partial charge in [0.2, 0.25) is 0 Å². The Morgan fingerprint density at radius 3 is 2.00 bits per heavy atom. The normalized spacial score (nSPS) is 14.2. The zero-order valence-corrected chi connectivity index (χ0v) is 14.2. The summed E-state index contributed by atoms with van der Waals surface area (Å²) in [6.07, 6.45) is 10.4. The van der Waals surface area contributed by atoms with E-state index < -0.39 is 0 Å². The molecule has 1 aliphatic carbocycles. The summed E-state index contributed by atoms with van der Waals surface area (Å²) in [5, 5.41) is 0. The predicted octanol–water partition coefficient (Wildman–Crippen LogP) is 6.99. The van der Waals surface area contributed by atoms with Crippen LogP contribution in [-0.2, 0) is 0 Å². The molecule has 1 atom stereocenters. The Labute approximate surface area is 126 Å². The van der Waals surface area contributed by atoms with E-state index in [0.717, 1.165) is 0 Å². The lowest BCUT2D eigenvalue weighted by molar-refractivity contribution is 0.733. The second kappa shape index (κ2) is 11.5. The number of benzene rings is 1.